The summed E-state index contributed by atoms with van der Waals surface area (Å²) in [6.45, 7) is -0.0118. The van der Waals surface area contributed by atoms with Crippen LogP contribution in [0.4, 0.5) is 10.5 Å². The van der Waals surface area contributed by atoms with Crippen LogP contribution in [0.15, 0.2) is 36.4 Å². The van der Waals surface area contributed by atoms with Gasteiger partial charge in [0, 0.05) is 6.07 Å². The fourth-order valence-electron chi connectivity index (χ4n) is 3.01. The summed E-state index contributed by atoms with van der Waals surface area (Å²) in [7, 11) is 4.09. The molecule has 0 aliphatic rings. The summed E-state index contributed by atoms with van der Waals surface area (Å²) < 4.78 is 21.0. The van der Waals surface area contributed by atoms with Crippen LogP contribution in [0.1, 0.15) is 21.6 Å². The number of carboxylic acid groups (broad SMARTS) is 1. The molecular weight excluding hydrogens is 440 g/mol. The van der Waals surface area contributed by atoms with Gasteiger partial charge in [-0.1, -0.05) is 22.4 Å². The molecule has 1 heterocycles. The van der Waals surface area contributed by atoms with Crippen LogP contribution in [-0.4, -0.2) is 58.3 Å². The summed E-state index contributed by atoms with van der Waals surface area (Å²) in [6.07, 6.45) is -1.73. The number of hydrogen-bond acceptors (Lipinski definition) is 10. The number of carbonyl (C=O) groups excluding carboxylic acids is 1. The Bertz CT molecular complexity index is 1200. The molecule has 0 spiro atoms. The van der Waals surface area contributed by atoms with Gasteiger partial charge in [0.2, 0.25) is 5.78 Å². The van der Waals surface area contributed by atoms with Crippen LogP contribution in [0, 0.1) is 10.1 Å². The van der Waals surface area contributed by atoms with Gasteiger partial charge in [0.1, 0.15) is 11.3 Å². The molecule has 0 aliphatic carbocycles. The predicted molar refractivity (Wildman–Crippen MR) is 110 cm³/mol. The predicted octanol–water partition coefficient (Wildman–Crippen LogP) is 2.55. The van der Waals surface area contributed by atoms with E-state index in [1.807, 2.05) is 0 Å². The van der Waals surface area contributed by atoms with Gasteiger partial charge in [-0.2, -0.15) is 0 Å². The van der Waals surface area contributed by atoms with Crippen LogP contribution in [0.5, 0.6) is 23.1 Å². The maximum Gasteiger partial charge on any atom is 0.512 e. The van der Waals surface area contributed by atoms with E-state index in [0.29, 0.717) is 11.3 Å². The minimum absolute atomic E-state index is 0.0118. The number of rotatable bonds is 9. The van der Waals surface area contributed by atoms with Crippen molar-refractivity contribution in [3.63, 3.8) is 0 Å². The van der Waals surface area contributed by atoms with Gasteiger partial charge in [0.05, 0.1) is 38.9 Å². The van der Waals surface area contributed by atoms with Crippen LogP contribution >= 0.6 is 0 Å². The summed E-state index contributed by atoms with van der Waals surface area (Å²) in [6, 6.07) is 8.91. The number of nitrogens with zero attached hydrogens (tertiary/aromatic N) is 4. The standard InChI is InChI=1S/C20H18N4O9/c1-30-12-6-4-11(5-7-12)10-23-17(19(21-22-23)33-20(26)27)18(25)13-8-15(31-2)16(32-3)9-14(13)24(28)29/h4-9H,10H2,1-3H3,(H,26,27). The second kappa shape index (κ2) is 9.64. The molecular formula is C20H18N4O9. The molecule has 0 saturated carbocycles. The maximum atomic E-state index is 13.4. The molecule has 0 saturated heterocycles. The Morgan fingerprint density at radius 1 is 1.06 bits per heavy atom. The smallest absolute Gasteiger partial charge is 0.497 e. The van der Waals surface area contributed by atoms with E-state index in [1.54, 1.807) is 24.3 Å². The lowest BCUT2D eigenvalue weighted by molar-refractivity contribution is -0.385. The van der Waals surface area contributed by atoms with Gasteiger partial charge in [-0.25, -0.2) is 9.48 Å². The van der Waals surface area contributed by atoms with Crippen LogP contribution in [-0.2, 0) is 6.54 Å². The Balaban J connectivity index is 2.13. The molecule has 0 unspecified atom stereocenters. The summed E-state index contributed by atoms with van der Waals surface area (Å²) >= 11 is 0. The number of ether oxygens (including phenoxy) is 4. The van der Waals surface area contributed by atoms with Crippen molar-refractivity contribution in [3.05, 3.63) is 63.3 Å². The third-order valence-electron chi connectivity index (χ3n) is 4.54. The zero-order valence-electron chi connectivity index (χ0n) is 17.7. The molecule has 13 heteroatoms. The minimum Gasteiger partial charge on any atom is -0.497 e. The number of hydrogen-bond donors (Lipinski definition) is 1. The number of ketones is 1. The van der Waals surface area contributed by atoms with Gasteiger partial charge in [0.25, 0.3) is 11.6 Å². The summed E-state index contributed by atoms with van der Waals surface area (Å²) in [5.74, 6) is -0.874. The molecule has 172 valence electrons. The summed E-state index contributed by atoms with van der Waals surface area (Å²) in [4.78, 5) is 35.4. The Hall–Kier alpha value is -4.68. The second-order valence-corrected chi connectivity index (χ2v) is 6.43. The molecule has 1 aromatic heterocycles. The fraction of sp³-hybridized carbons (Fsp3) is 0.200. The molecule has 0 amide bonds. The number of aromatic nitrogens is 3. The van der Waals surface area contributed by atoms with E-state index in [1.165, 1.54) is 21.3 Å². The van der Waals surface area contributed by atoms with Crippen molar-refractivity contribution in [3.8, 4) is 23.1 Å². The van der Waals surface area contributed by atoms with Crippen molar-refractivity contribution in [1.82, 2.24) is 15.0 Å². The highest BCUT2D eigenvalue weighted by molar-refractivity contribution is 6.12. The minimum atomic E-state index is -1.73. The van der Waals surface area contributed by atoms with Crippen LogP contribution in [0.25, 0.3) is 0 Å². The van der Waals surface area contributed by atoms with E-state index in [2.05, 4.69) is 15.0 Å². The number of methoxy groups -OCH3 is 3. The van der Waals surface area contributed by atoms with E-state index in [9.17, 15) is 19.7 Å². The lowest BCUT2D eigenvalue weighted by Crippen LogP contribution is -2.16. The molecule has 2 aromatic carbocycles. The fourth-order valence-corrected chi connectivity index (χ4v) is 3.01. The van der Waals surface area contributed by atoms with E-state index >= 15 is 0 Å². The monoisotopic (exact) mass is 458 g/mol. The first-order valence-corrected chi connectivity index (χ1v) is 9.21. The van der Waals surface area contributed by atoms with Crippen molar-refractivity contribution in [2.45, 2.75) is 6.54 Å². The van der Waals surface area contributed by atoms with E-state index in [-0.39, 0.29) is 18.0 Å². The van der Waals surface area contributed by atoms with Gasteiger partial charge in [-0.3, -0.25) is 14.9 Å². The number of benzene rings is 2. The Morgan fingerprint density at radius 2 is 1.70 bits per heavy atom. The first-order chi connectivity index (χ1) is 15.8. The maximum absolute atomic E-state index is 13.4. The molecule has 0 aliphatic heterocycles. The average Bonchev–Trinajstić information content (AvgIpc) is 3.19. The highest BCUT2D eigenvalue weighted by Gasteiger charge is 2.32. The van der Waals surface area contributed by atoms with Crippen molar-refractivity contribution >= 4 is 17.6 Å². The van der Waals surface area contributed by atoms with Gasteiger partial charge < -0.3 is 24.1 Å². The van der Waals surface area contributed by atoms with Gasteiger partial charge in [-0.05, 0) is 17.7 Å². The zero-order chi connectivity index (χ0) is 24.1. The van der Waals surface area contributed by atoms with Gasteiger partial charge >= 0.3 is 6.16 Å². The van der Waals surface area contributed by atoms with Crippen LogP contribution in [0.2, 0.25) is 0 Å². The first kappa shape index (κ1) is 23.0. The van der Waals surface area contributed by atoms with Crippen LogP contribution in [0.3, 0.4) is 0 Å². The summed E-state index contributed by atoms with van der Waals surface area (Å²) in [5.41, 5.74) is -0.718. The molecule has 0 radical (unpaired) electrons. The largest absolute Gasteiger partial charge is 0.512 e. The molecule has 0 fully saturated rings. The van der Waals surface area contributed by atoms with E-state index < -0.39 is 39.7 Å². The van der Waals surface area contributed by atoms with Gasteiger partial charge in [0.15, 0.2) is 17.2 Å². The lowest BCUT2D eigenvalue weighted by atomic mass is 10.0. The molecule has 3 rings (SSSR count). The molecule has 0 bridgehead atoms. The normalized spacial score (nSPS) is 10.4. The van der Waals surface area contributed by atoms with Crippen molar-refractivity contribution in [2.24, 2.45) is 0 Å². The Kier molecular flexibility index (Phi) is 6.71. The Morgan fingerprint density at radius 3 is 2.24 bits per heavy atom. The molecule has 13 nitrogen and oxygen atoms in total. The SMILES string of the molecule is COc1ccc(Cn2nnc(OC(=O)O)c2C(=O)c2cc(OC)c(OC)cc2[N+](=O)[O-])cc1. The van der Waals surface area contributed by atoms with Crippen LogP contribution < -0.4 is 18.9 Å². The third-order valence-corrected chi connectivity index (χ3v) is 4.54. The van der Waals surface area contributed by atoms with Crippen molar-refractivity contribution < 1.29 is 38.6 Å². The van der Waals surface area contributed by atoms with Crippen molar-refractivity contribution in [2.75, 3.05) is 21.3 Å². The molecule has 33 heavy (non-hydrogen) atoms. The van der Waals surface area contributed by atoms with Gasteiger partial charge in [-0.15, -0.1) is 0 Å². The summed E-state index contributed by atoms with van der Waals surface area (Å²) in [5, 5.41) is 28.1. The topological polar surface area (TPSA) is 165 Å². The Labute approximate surface area is 186 Å². The quantitative estimate of drug-likeness (QED) is 0.217. The molecule has 1 N–H and O–H groups in total. The van der Waals surface area contributed by atoms with E-state index in [4.69, 9.17) is 19.3 Å². The second-order valence-electron chi connectivity index (χ2n) is 6.43. The van der Waals surface area contributed by atoms with E-state index in [0.717, 1.165) is 16.8 Å². The third kappa shape index (κ3) is 4.81. The lowest BCUT2D eigenvalue weighted by Gasteiger charge is -2.11. The highest BCUT2D eigenvalue weighted by atomic mass is 16.7. The average molecular weight is 458 g/mol. The first-order valence-electron chi connectivity index (χ1n) is 9.21. The van der Waals surface area contributed by atoms with Crippen molar-refractivity contribution in [1.29, 1.82) is 0 Å². The number of nitro groups is 1. The number of nitro benzene ring substituents is 1. The number of carbonyl (C=O) groups is 2. The molecule has 3 aromatic rings. The molecule has 0 atom stereocenters. The highest BCUT2D eigenvalue weighted by Crippen LogP contribution is 2.36. The zero-order valence-corrected chi connectivity index (χ0v) is 17.7.